The second kappa shape index (κ2) is 6.21. The topological polar surface area (TPSA) is 74.4 Å². The SMILES string of the molecule is COc1nc(OC)c(C(N)=O)cc1Cc1ccccc1F. The molecule has 1 aromatic heterocycles. The molecule has 0 spiro atoms. The fraction of sp³-hybridized carbons (Fsp3) is 0.200. The van der Waals surface area contributed by atoms with Gasteiger partial charge >= 0.3 is 0 Å². The van der Waals surface area contributed by atoms with Gasteiger partial charge in [-0.05, 0) is 17.7 Å². The summed E-state index contributed by atoms with van der Waals surface area (Å²) in [5.41, 5.74) is 6.45. The lowest BCUT2D eigenvalue weighted by Crippen LogP contribution is -2.14. The van der Waals surface area contributed by atoms with Crippen LogP contribution in [0.3, 0.4) is 0 Å². The van der Waals surface area contributed by atoms with Crippen LogP contribution in [0.25, 0.3) is 0 Å². The Balaban J connectivity index is 2.49. The summed E-state index contributed by atoms with van der Waals surface area (Å²) >= 11 is 0. The van der Waals surface area contributed by atoms with Crippen LogP contribution in [0.15, 0.2) is 30.3 Å². The molecule has 0 atom stereocenters. The van der Waals surface area contributed by atoms with Crippen molar-refractivity contribution in [3.05, 3.63) is 52.8 Å². The Morgan fingerprint density at radius 1 is 1.19 bits per heavy atom. The smallest absolute Gasteiger partial charge is 0.254 e. The third-order valence-corrected chi connectivity index (χ3v) is 3.02. The van der Waals surface area contributed by atoms with E-state index in [1.54, 1.807) is 18.2 Å². The molecule has 2 rings (SSSR count). The van der Waals surface area contributed by atoms with Crippen LogP contribution in [0.1, 0.15) is 21.5 Å². The van der Waals surface area contributed by atoms with Gasteiger partial charge in [-0.2, -0.15) is 4.98 Å². The number of benzene rings is 1. The van der Waals surface area contributed by atoms with Gasteiger partial charge in [-0.3, -0.25) is 4.79 Å². The van der Waals surface area contributed by atoms with Gasteiger partial charge in [-0.15, -0.1) is 0 Å². The number of hydrogen-bond donors (Lipinski definition) is 1. The van der Waals surface area contributed by atoms with Crippen LogP contribution < -0.4 is 15.2 Å². The van der Waals surface area contributed by atoms with Crippen LogP contribution in [-0.2, 0) is 6.42 Å². The molecular weight excluding hydrogens is 275 g/mol. The van der Waals surface area contributed by atoms with Crippen molar-refractivity contribution in [2.45, 2.75) is 6.42 Å². The second-order valence-electron chi connectivity index (χ2n) is 4.35. The van der Waals surface area contributed by atoms with Crippen molar-refractivity contribution >= 4 is 5.91 Å². The number of carbonyl (C=O) groups excluding carboxylic acids is 1. The lowest BCUT2D eigenvalue weighted by Gasteiger charge is -2.12. The summed E-state index contributed by atoms with van der Waals surface area (Å²) in [4.78, 5) is 15.5. The number of carbonyl (C=O) groups is 1. The fourth-order valence-electron chi connectivity index (χ4n) is 2.00. The number of methoxy groups -OCH3 is 2. The lowest BCUT2D eigenvalue weighted by atomic mass is 10.0. The van der Waals surface area contributed by atoms with E-state index in [1.807, 2.05) is 0 Å². The molecule has 1 amide bonds. The van der Waals surface area contributed by atoms with Gasteiger partial charge in [0.05, 0.1) is 14.2 Å². The molecule has 0 fully saturated rings. The minimum absolute atomic E-state index is 0.0802. The fourth-order valence-corrected chi connectivity index (χ4v) is 2.00. The van der Waals surface area contributed by atoms with E-state index in [-0.39, 0.29) is 29.6 Å². The summed E-state index contributed by atoms with van der Waals surface area (Å²) in [6, 6.07) is 7.88. The van der Waals surface area contributed by atoms with Gasteiger partial charge in [0.25, 0.3) is 5.91 Å². The van der Waals surface area contributed by atoms with E-state index in [2.05, 4.69) is 4.98 Å². The van der Waals surface area contributed by atoms with Gasteiger partial charge in [0, 0.05) is 12.0 Å². The molecule has 6 heteroatoms. The zero-order chi connectivity index (χ0) is 15.4. The number of aromatic nitrogens is 1. The standard InChI is InChI=1S/C15H15FN2O3/c1-20-14-10(7-9-5-3-4-6-12(9)16)8-11(13(17)19)15(18-14)21-2/h3-6,8H,7H2,1-2H3,(H2,17,19). The average Bonchev–Trinajstić information content (AvgIpc) is 2.49. The number of rotatable bonds is 5. The maximum Gasteiger partial charge on any atom is 0.254 e. The van der Waals surface area contributed by atoms with Crippen molar-refractivity contribution in [3.8, 4) is 11.8 Å². The van der Waals surface area contributed by atoms with E-state index < -0.39 is 5.91 Å². The number of primary amides is 1. The zero-order valence-electron chi connectivity index (χ0n) is 11.7. The van der Waals surface area contributed by atoms with E-state index in [1.165, 1.54) is 26.4 Å². The van der Waals surface area contributed by atoms with Crippen molar-refractivity contribution in [3.63, 3.8) is 0 Å². The highest BCUT2D eigenvalue weighted by Crippen LogP contribution is 2.27. The van der Waals surface area contributed by atoms with E-state index >= 15 is 0 Å². The van der Waals surface area contributed by atoms with Gasteiger partial charge in [0.15, 0.2) is 0 Å². The molecule has 0 saturated heterocycles. The van der Waals surface area contributed by atoms with Crippen LogP contribution in [-0.4, -0.2) is 25.1 Å². The van der Waals surface area contributed by atoms with Gasteiger partial charge in [0.2, 0.25) is 11.8 Å². The molecule has 1 aromatic carbocycles. The van der Waals surface area contributed by atoms with Crippen LogP contribution >= 0.6 is 0 Å². The number of nitrogens with two attached hydrogens (primary N) is 1. The van der Waals surface area contributed by atoms with Gasteiger partial charge < -0.3 is 15.2 Å². The summed E-state index contributed by atoms with van der Waals surface area (Å²) < 4.78 is 23.9. The number of amides is 1. The van der Waals surface area contributed by atoms with E-state index in [9.17, 15) is 9.18 Å². The molecule has 5 nitrogen and oxygen atoms in total. The minimum atomic E-state index is -0.670. The molecule has 0 unspecified atom stereocenters. The summed E-state index contributed by atoms with van der Waals surface area (Å²) in [5.74, 6) is -0.662. The normalized spacial score (nSPS) is 10.2. The van der Waals surface area contributed by atoms with Crippen molar-refractivity contribution in [1.82, 2.24) is 4.98 Å². The Bertz CT molecular complexity index is 674. The maximum absolute atomic E-state index is 13.7. The van der Waals surface area contributed by atoms with Gasteiger partial charge in [-0.25, -0.2) is 4.39 Å². The Hall–Kier alpha value is -2.63. The Morgan fingerprint density at radius 3 is 2.43 bits per heavy atom. The molecule has 0 bridgehead atoms. The summed E-state index contributed by atoms with van der Waals surface area (Å²) in [6.45, 7) is 0. The predicted molar refractivity (Wildman–Crippen MR) is 75.1 cm³/mol. The summed E-state index contributed by atoms with van der Waals surface area (Å²) in [5, 5.41) is 0. The van der Waals surface area contributed by atoms with E-state index in [0.717, 1.165) is 0 Å². The first-order valence-electron chi connectivity index (χ1n) is 6.22. The molecule has 2 N–H and O–H groups in total. The molecule has 21 heavy (non-hydrogen) atoms. The van der Waals surface area contributed by atoms with Crippen LogP contribution in [0.5, 0.6) is 11.8 Å². The maximum atomic E-state index is 13.7. The number of pyridine rings is 1. The molecule has 0 aliphatic heterocycles. The predicted octanol–water partition coefficient (Wildman–Crippen LogP) is 1.93. The first kappa shape index (κ1) is 14.8. The highest BCUT2D eigenvalue weighted by molar-refractivity contribution is 5.95. The molecule has 0 aliphatic rings. The molecule has 2 aromatic rings. The highest BCUT2D eigenvalue weighted by Gasteiger charge is 2.17. The number of halogens is 1. The van der Waals surface area contributed by atoms with E-state index in [0.29, 0.717) is 11.1 Å². The first-order valence-corrected chi connectivity index (χ1v) is 6.22. The van der Waals surface area contributed by atoms with Crippen molar-refractivity contribution in [2.24, 2.45) is 5.73 Å². The second-order valence-corrected chi connectivity index (χ2v) is 4.35. The molecular formula is C15H15FN2O3. The minimum Gasteiger partial charge on any atom is -0.481 e. The van der Waals surface area contributed by atoms with E-state index in [4.69, 9.17) is 15.2 Å². The van der Waals surface area contributed by atoms with Crippen molar-refractivity contribution in [1.29, 1.82) is 0 Å². The molecule has 0 radical (unpaired) electrons. The Labute approximate surface area is 121 Å². The zero-order valence-corrected chi connectivity index (χ0v) is 11.7. The third kappa shape index (κ3) is 3.10. The lowest BCUT2D eigenvalue weighted by molar-refractivity contribution is 0.0996. The highest BCUT2D eigenvalue weighted by atomic mass is 19.1. The van der Waals surface area contributed by atoms with Crippen LogP contribution in [0.4, 0.5) is 4.39 Å². The number of nitrogens with zero attached hydrogens (tertiary/aromatic N) is 1. The van der Waals surface area contributed by atoms with Crippen molar-refractivity contribution < 1.29 is 18.7 Å². The number of ether oxygens (including phenoxy) is 2. The largest absolute Gasteiger partial charge is 0.481 e. The Morgan fingerprint density at radius 2 is 1.86 bits per heavy atom. The van der Waals surface area contributed by atoms with Crippen molar-refractivity contribution in [2.75, 3.05) is 14.2 Å². The molecule has 0 aliphatic carbocycles. The Kier molecular flexibility index (Phi) is 4.37. The molecule has 0 saturated carbocycles. The number of hydrogen-bond acceptors (Lipinski definition) is 4. The monoisotopic (exact) mass is 290 g/mol. The quantitative estimate of drug-likeness (QED) is 0.913. The van der Waals surface area contributed by atoms with Crippen LogP contribution in [0.2, 0.25) is 0 Å². The molecule has 110 valence electrons. The third-order valence-electron chi connectivity index (χ3n) is 3.02. The first-order chi connectivity index (χ1) is 10.1. The van der Waals surface area contributed by atoms with Gasteiger partial charge in [-0.1, -0.05) is 18.2 Å². The average molecular weight is 290 g/mol. The van der Waals surface area contributed by atoms with Gasteiger partial charge in [0.1, 0.15) is 11.4 Å². The van der Waals surface area contributed by atoms with Crippen LogP contribution in [0, 0.1) is 5.82 Å². The summed E-state index contributed by atoms with van der Waals surface area (Å²) in [6.07, 6.45) is 0.229. The summed E-state index contributed by atoms with van der Waals surface area (Å²) in [7, 11) is 2.82. The molecule has 1 heterocycles.